The van der Waals surface area contributed by atoms with Crippen molar-refractivity contribution in [3.05, 3.63) is 33.3 Å². The monoisotopic (exact) mass is 357 g/mol. The highest BCUT2D eigenvalue weighted by Crippen LogP contribution is 2.44. The largest absolute Gasteiger partial charge is 0.466 e. The fourth-order valence-electron chi connectivity index (χ4n) is 3.53. The quantitative estimate of drug-likeness (QED) is 0.791. The van der Waals surface area contributed by atoms with Crippen molar-refractivity contribution in [1.29, 1.82) is 0 Å². The van der Waals surface area contributed by atoms with Crippen LogP contribution in [-0.4, -0.2) is 31.8 Å². The number of ether oxygens (including phenoxy) is 2. The summed E-state index contributed by atoms with van der Waals surface area (Å²) in [7, 11) is 0. The highest BCUT2D eigenvalue weighted by molar-refractivity contribution is 6.42. The van der Waals surface area contributed by atoms with Crippen molar-refractivity contribution in [2.24, 2.45) is 0 Å². The maximum absolute atomic E-state index is 11.5. The van der Waals surface area contributed by atoms with E-state index in [4.69, 9.17) is 32.7 Å². The van der Waals surface area contributed by atoms with Crippen molar-refractivity contribution < 1.29 is 14.3 Å². The van der Waals surface area contributed by atoms with E-state index in [1.807, 2.05) is 19.1 Å². The molecule has 0 radical (unpaired) electrons. The van der Waals surface area contributed by atoms with Crippen molar-refractivity contribution in [1.82, 2.24) is 5.32 Å². The fraction of sp³-hybridized carbons (Fsp3) is 0.588. The van der Waals surface area contributed by atoms with Crippen LogP contribution in [0.2, 0.25) is 10.0 Å². The Kier molecular flexibility index (Phi) is 5.16. The van der Waals surface area contributed by atoms with Gasteiger partial charge in [0.25, 0.3) is 0 Å². The first-order valence-corrected chi connectivity index (χ1v) is 8.81. The maximum atomic E-state index is 11.5. The van der Waals surface area contributed by atoms with Crippen LogP contribution < -0.4 is 5.32 Å². The van der Waals surface area contributed by atoms with Crippen LogP contribution in [0.4, 0.5) is 0 Å². The van der Waals surface area contributed by atoms with Gasteiger partial charge in [-0.3, -0.25) is 4.79 Å². The molecule has 2 aliphatic rings. The van der Waals surface area contributed by atoms with Crippen LogP contribution in [-0.2, 0) is 26.3 Å². The molecule has 2 bridgehead atoms. The van der Waals surface area contributed by atoms with Gasteiger partial charge in [0.05, 0.1) is 23.3 Å². The minimum atomic E-state index is -0.307. The average molecular weight is 358 g/mol. The topological polar surface area (TPSA) is 47.6 Å². The van der Waals surface area contributed by atoms with Crippen molar-refractivity contribution in [2.45, 2.75) is 44.2 Å². The zero-order chi connectivity index (χ0) is 16.4. The zero-order valence-corrected chi connectivity index (χ0v) is 14.7. The molecule has 2 heterocycles. The van der Waals surface area contributed by atoms with Gasteiger partial charge in [-0.2, -0.15) is 0 Å². The Labute approximate surface area is 146 Å². The van der Waals surface area contributed by atoms with E-state index >= 15 is 0 Å². The molecule has 2 aliphatic heterocycles. The van der Waals surface area contributed by atoms with E-state index in [0.29, 0.717) is 42.0 Å². The number of carbonyl (C=O) groups excluding carboxylic acids is 1. The van der Waals surface area contributed by atoms with Crippen molar-refractivity contribution >= 4 is 29.2 Å². The minimum absolute atomic E-state index is 0.176. The summed E-state index contributed by atoms with van der Waals surface area (Å²) in [6.45, 7) is 3.74. The molecule has 2 fully saturated rings. The molecule has 1 aromatic rings. The van der Waals surface area contributed by atoms with Gasteiger partial charge in [0.1, 0.15) is 5.60 Å². The van der Waals surface area contributed by atoms with Crippen molar-refractivity contribution in [3.63, 3.8) is 0 Å². The van der Waals surface area contributed by atoms with E-state index in [1.165, 1.54) is 0 Å². The molecule has 0 aliphatic carbocycles. The third kappa shape index (κ3) is 3.36. The summed E-state index contributed by atoms with van der Waals surface area (Å²) in [5.41, 5.74) is 1.79. The molecule has 126 valence electrons. The normalized spacial score (nSPS) is 25.8. The molecular formula is C17H21Cl2NO3. The lowest BCUT2D eigenvalue weighted by atomic mass is 9.87. The molecule has 2 saturated heterocycles. The van der Waals surface area contributed by atoms with Crippen LogP contribution in [0.15, 0.2) is 12.1 Å². The summed E-state index contributed by atoms with van der Waals surface area (Å²) in [5, 5.41) is 4.58. The minimum Gasteiger partial charge on any atom is -0.466 e. The summed E-state index contributed by atoms with van der Waals surface area (Å²) >= 11 is 12.7. The van der Waals surface area contributed by atoms with Gasteiger partial charge in [-0.1, -0.05) is 29.3 Å². The second-order valence-corrected chi connectivity index (χ2v) is 6.92. The first-order chi connectivity index (χ1) is 11.1. The molecule has 2 atom stereocenters. The number of rotatable bonds is 6. The maximum Gasteiger partial charge on any atom is 0.305 e. The van der Waals surface area contributed by atoms with Gasteiger partial charge in [-0.25, -0.2) is 0 Å². The summed E-state index contributed by atoms with van der Waals surface area (Å²) in [5.74, 6) is -0.176. The molecule has 23 heavy (non-hydrogen) atoms. The fourth-order valence-corrected chi connectivity index (χ4v) is 3.97. The number of fused-ring (bicyclic) bond motifs is 2. The van der Waals surface area contributed by atoms with Crippen LogP contribution in [0.1, 0.15) is 37.3 Å². The van der Waals surface area contributed by atoms with Crippen LogP contribution in [0.3, 0.4) is 0 Å². The molecule has 3 rings (SSSR count). The Morgan fingerprint density at radius 3 is 2.91 bits per heavy atom. The third-order valence-electron chi connectivity index (χ3n) is 4.61. The second-order valence-electron chi connectivity index (χ2n) is 6.13. The summed E-state index contributed by atoms with van der Waals surface area (Å²) in [6, 6.07) is 4.26. The summed E-state index contributed by atoms with van der Waals surface area (Å²) in [6.07, 6.45) is 2.70. The van der Waals surface area contributed by atoms with Gasteiger partial charge >= 0.3 is 5.97 Å². The number of hydrogen-bond donors (Lipinski definition) is 1. The number of benzene rings is 1. The summed E-state index contributed by atoms with van der Waals surface area (Å²) in [4.78, 5) is 11.5. The average Bonchev–Trinajstić information content (AvgIpc) is 3.13. The molecule has 4 nitrogen and oxygen atoms in total. The predicted octanol–water partition coefficient (Wildman–Crippen LogP) is 3.47. The van der Waals surface area contributed by atoms with Crippen LogP contribution in [0.5, 0.6) is 0 Å². The molecule has 0 saturated carbocycles. The van der Waals surface area contributed by atoms with E-state index in [0.717, 1.165) is 30.7 Å². The van der Waals surface area contributed by atoms with Crippen molar-refractivity contribution in [3.8, 4) is 0 Å². The van der Waals surface area contributed by atoms with E-state index in [2.05, 4.69) is 5.32 Å². The molecular weight excluding hydrogens is 337 g/mol. The second kappa shape index (κ2) is 6.98. The highest BCUT2D eigenvalue weighted by Gasteiger charge is 2.48. The van der Waals surface area contributed by atoms with Crippen LogP contribution in [0.25, 0.3) is 0 Å². The predicted molar refractivity (Wildman–Crippen MR) is 90.1 cm³/mol. The zero-order valence-electron chi connectivity index (χ0n) is 13.2. The van der Waals surface area contributed by atoms with Gasteiger partial charge in [-0.05, 0) is 43.4 Å². The van der Waals surface area contributed by atoms with E-state index in [9.17, 15) is 4.79 Å². The number of hydrogen-bond acceptors (Lipinski definition) is 4. The van der Waals surface area contributed by atoms with Crippen molar-refractivity contribution in [2.75, 3.05) is 19.8 Å². The number of morpholine rings is 1. The summed E-state index contributed by atoms with van der Waals surface area (Å²) < 4.78 is 11.1. The lowest BCUT2D eigenvalue weighted by Gasteiger charge is -2.30. The Hall–Kier alpha value is -0.810. The SMILES string of the molecule is CCOC(=O)CCCc1c(C23CNC(CO2)C3)ccc(Cl)c1Cl. The molecule has 0 spiro atoms. The smallest absolute Gasteiger partial charge is 0.305 e. The molecule has 6 heteroatoms. The number of esters is 1. The third-order valence-corrected chi connectivity index (χ3v) is 5.46. The Bertz CT molecular complexity index is 598. The Balaban J connectivity index is 1.80. The Morgan fingerprint density at radius 2 is 2.30 bits per heavy atom. The molecule has 0 amide bonds. The first-order valence-electron chi connectivity index (χ1n) is 8.06. The number of halogens is 2. The Morgan fingerprint density at radius 1 is 1.48 bits per heavy atom. The molecule has 1 aromatic carbocycles. The lowest BCUT2D eigenvalue weighted by Crippen LogP contribution is -2.38. The van der Waals surface area contributed by atoms with Crippen LogP contribution in [0, 0.1) is 0 Å². The van der Waals surface area contributed by atoms with Gasteiger partial charge in [0.2, 0.25) is 0 Å². The lowest BCUT2D eigenvalue weighted by molar-refractivity contribution is -0.143. The van der Waals surface area contributed by atoms with E-state index < -0.39 is 0 Å². The van der Waals surface area contributed by atoms with E-state index in [-0.39, 0.29) is 11.6 Å². The standard InChI is InChI=1S/C17H21Cl2NO3/c1-2-22-15(21)5-3-4-12-13(6-7-14(18)16(12)19)17-8-11(9-23-17)20-10-17/h6-7,11,20H,2-5,8-10H2,1H3. The van der Waals surface area contributed by atoms with Gasteiger partial charge < -0.3 is 14.8 Å². The number of nitrogens with one attached hydrogen (secondary N) is 1. The molecule has 1 N–H and O–H groups in total. The highest BCUT2D eigenvalue weighted by atomic mass is 35.5. The molecule has 2 unspecified atom stereocenters. The van der Waals surface area contributed by atoms with E-state index in [1.54, 1.807) is 0 Å². The first kappa shape index (κ1) is 17.0. The number of carbonyl (C=O) groups is 1. The van der Waals surface area contributed by atoms with Gasteiger partial charge in [0.15, 0.2) is 0 Å². The van der Waals surface area contributed by atoms with Gasteiger partial charge in [-0.15, -0.1) is 0 Å². The van der Waals surface area contributed by atoms with Crippen LogP contribution >= 0.6 is 23.2 Å². The molecule has 0 aromatic heterocycles. The van der Waals surface area contributed by atoms with Gasteiger partial charge in [0, 0.05) is 19.0 Å².